The number of rotatable bonds is 14. The van der Waals surface area contributed by atoms with E-state index in [9.17, 15) is 28.8 Å². The molecule has 1 aromatic carbocycles. The van der Waals surface area contributed by atoms with Crippen molar-refractivity contribution in [2.45, 2.75) is 85.2 Å². The third-order valence-corrected chi connectivity index (χ3v) is 5.93. The lowest BCUT2D eigenvalue weighted by atomic mass is 9.95. The molecule has 0 bridgehead atoms. The number of ketones is 1. The van der Waals surface area contributed by atoms with Crippen molar-refractivity contribution in [1.29, 1.82) is 0 Å². The molecule has 1 rings (SSSR count). The highest BCUT2D eigenvalue weighted by Gasteiger charge is 2.27. The Kier molecular flexibility index (Phi) is 13.3. The van der Waals surface area contributed by atoms with Gasteiger partial charge in [-0.05, 0) is 37.5 Å². The number of benzene rings is 1. The number of methoxy groups -OCH3 is 2. The van der Waals surface area contributed by atoms with Gasteiger partial charge < -0.3 is 25.4 Å². The predicted molar refractivity (Wildman–Crippen MR) is 145 cm³/mol. The molecule has 3 amide bonds. The van der Waals surface area contributed by atoms with E-state index in [0.29, 0.717) is 12.8 Å². The second-order valence-corrected chi connectivity index (χ2v) is 10.1. The van der Waals surface area contributed by atoms with Crippen LogP contribution in [0.15, 0.2) is 18.2 Å². The number of hydrogen-bond acceptors (Lipinski definition) is 8. The molecule has 1 aromatic rings. The van der Waals surface area contributed by atoms with E-state index in [1.54, 1.807) is 27.7 Å². The molecule has 216 valence electrons. The van der Waals surface area contributed by atoms with Crippen molar-refractivity contribution in [2.75, 3.05) is 19.5 Å². The van der Waals surface area contributed by atoms with Crippen molar-refractivity contribution < 1.29 is 38.2 Å². The summed E-state index contributed by atoms with van der Waals surface area (Å²) in [5.41, 5.74) is -0.209. The lowest BCUT2D eigenvalue weighted by Crippen LogP contribution is -2.51. The van der Waals surface area contributed by atoms with E-state index in [2.05, 4.69) is 16.0 Å². The summed E-state index contributed by atoms with van der Waals surface area (Å²) in [6.07, 6.45) is 1.63. The highest BCUT2D eigenvalue weighted by atomic mass is 16.5. The van der Waals surface area contributed by atoms with Gasteiger partial charge in [-0.2, -0.15) is 0 Å². The Hall–Kier alpha value is -3.76. The number of esters is 2. The number of nitrogens with one attached hydrogen (secondary N) is 3. The molecule has 0 radical (unpaired) electrons. The van der Waals surface area contributed by atoms with Crippen LogP contribution >= 0.6 is 0 Å². The minimum absolute atomic E-state index is 0.0165. The highest BCUT2D eigenvalue weighted by molar-refractivity contribution is 6.05. The lowest BCUT2D eigenvalue weighted by Gasteiger charge is -2.22. The Labute approximate surface area is 229 Å². The van der Waals surface area contributed by atoms with Gasteiger partial charge in [-0.1, -0.05) is 41.0 Å². The summed E-state index contributed by atoms with van der Waals surface area (Å²) in [7, 11) is 2.40. The molecule has 2 atom stereocenters. The van der Waals surface area contributed by atoms with E-state index in [4.69, 9.17) is 9.47 Å². The van der Waals surface area contributed by atoms with Crippen molar-refractivity contribution in [2.24, 2.45) is 5.41 Å². The monoisotopic (exact) mass is 547 g/mol. The smallest absolute Gasteiger partial charge is 0.339 e. The molecule has 0 aliphatic heterocycles. The zero-order valence-electron chi connectivity index (χ0n) is 23.9. The van der Waals surface area contributed by atoms with Gasteiger partial charge in [-0.25, -0.2) is 9.59 Å². The maximum atomic E-state index is 12.9. The van der Waals surface area contributed by atoms with E-state index in [1.165, 1.54) is 32.4 Å². The Bertz CT molecular complexity index is 1060. The lowest BCUT2D eigenvalue weighted by molar-refractivity contribution is -0.145. The Morgan fingerprint density at radius 3 is 2.10 bits per heavy atom. The summed E-state index contributed by atoms with van der Waals surface area (Å²) in [5, 5.41) is 7.96. The second kappa shape index (κ2) is 15.6. The summed E-state index contributed by atoms with van der Waals surface area (Å²) in [6.45, 7) is 8.74. The molecule has 0 aliphatic rings. The summed E-state index contributed by atoms with van der Waals surface area (Å²) in [4.78, 5) is 74.5. The maximum absolute atomic E-state index is 12.9. The van der Waals surface area contributed by atoms with Gasteiger partial charge in [0, 0.05) is 23.8 Å². The SMILES string of the molecule is CCC[C@H](NC(=O)CC)C(=O)N[C@@H](CCCC(=O)c1ccc(NC(=O)C(C)(C)C)c(C(=O)OC)c1)C(=O)OC. The van der Waals surface area contributed by atoms with Crippen LogP contribution < -0.4 is 16.0 Å². The minimum atomic E-state index is -1.01. The van der Waals surface area contributed by atoms with Crippen molar-refractivity contribution in [3.8, 4) is 0 Å². The van der Waals surface area contributed by atoms with Gasteiger partial charge in [0.15, 0.2) is 5.78 Å². The summed E-state index contributed by atoms with van der Waals surface area (Å²) >= 11 is 0. The number of ether oxygens (including phenoxy) is 2. The van der Waals surface area contributed by atoms with Crippen LogP contribution in [0.4, 0.5) is 5.69 Å². The molecule has 0 aromatic heterocycles. The van der Waals surface area contributed by atoms with Crippen molar-refractivity contribution in [1.82, 2.24) is 10.6 Å². The van der Waals surface area contributed by atoms with Gasteiger partial charge in [0.1, 0.15) is 12.1 Å². The van der Waals surface area contributed by atoms with Crippen LogP contribution in [0.3, 0.4) is 0 Å². The number of Topliss-reactive ketones (excluding diaryl/α,β-unsaturated/α-hetero) is 1. The van der Waals surface area contributed by atoms with Gasteiger partial charge in [-0.3, -0.25) is 19.2 Å². The number of hydrogen-bond donors (Lipinski definition) is 3. The first kappa shape index (κ1) is 33.3. The fourth-order valence-electron chi connectivity index (χ4n) is 3.54. The molecular formula is C28H41N3O8. The van der Waals surface area contributed by atoms with Crippen LogP contribution in [0.25, 0.3) is 0 Å². The van der Waals surface area contributed by atoms with Crippen LogP contribution in [0.1, 0.15) is 93.9 Å². The standard InChI is InChI=1S/C28H41N3O8/c1-8-11-20(29-23(33)9-2)24(34)30-21(26(36)39-7)12-10-13-22(32)17-14-15-19(18(16-17)25(35)38-6)31-27(37)28(3,4)5/h14-16,20-21H,8-13H2,1-7H3,(H,29,33)(H,30,34)(H,31,37)/t20-,21-/m0/s1. The average molecular weight is 548 g/mol. The fraction of sp³-hybridized carbons (Fsp3) is 0.571. The van der Waals surface area contributed by atoms with Crippen molar-refractivity contribution >= 4 is 41.1 Å². The third-order valence-electron chi connectivity index (χ3n) is 5.93. The second-order valence-electron chi connectivity index (χ2n) is 10.1. The summed E-state index contributed by atoms with van der Waals surface area (Å²) < 4.78 is 9.62. The molecule has 3 N–H and O–H groups in total. The van der Waals surface area contributed by atoms with Crippen LogP contribution in [0.5, 0.6) is 0 Å². The van der Waals surface area contributed by atoms with E-state index < -0.39 is 35.3 Å². The number of carbonyl (C=O) groups is 6. The van der Waals surface area contributed by atoms with E-state index in [1.807, 2.05) is 6.92 Å². The first-order valence-corrected chi connectivity index (χ1v) is 13.0. The maximum Gasteiger partial charge on any atom is 0.339 e. The van der Waals surface area contributed by atoms with Crippen molar-refractivity contribution in [3.05, 3.63) is 29.3 Å². The molecule has 0 unspecified atom stereocenters. The van der Waals surface area contributed by atoms with E-state index in [0.717, 1.165) is 0 Å². The third kappa shape index (κ3) is 10.5. The number of anilines is 1. The molecule has 0 saturated heterocycles. The molecule has 0 heterocycles. The Morgan fingerprint density at radius 1 is 0.897 bits per heavy atom. The van der Waals surface area contributed by atoms with Gasteiger partial charge in [0.25, 0.3) is 0 Å². The minimum Gasteiger partial charge on any atom is -0.467 e. The highest BCUT2D eigenvalue weighted by Crippen LogP contribution is 2.23. The zero-order chi connectivity index (χ0) is 29.8. The quantitative estimate of drug-likeness (QED) is 0.237. The largest absolute Gasteiger partial charge is 0.467 e. The van der Waals surface area contributed by atoms with Gasteiger partial charge in [0.2, 0.25) is 17.7 Å². The Balaban J connectivity index is 2.96. The summed E-state index contributed by atoms with van der Waals surface area (Å²) in [5.74, 6) is -2.77. The zero-order valence-corrected chi connectivity index (χ0v) is 23.9. The van der Waals surface area contributed by atoms with Gasteiger partial charge >= 0.3 is 11.9 Å². The topological polar surface area (TPSA) is 157 Å². The average Bonchev–Trinajstić information content (AvgIpc) is 2.90. The van der Waals surface area contributed by atoms with Crippen LogP contribution in [0, 0.1) is 5.41 Å². The summed E-state index contributed by atoms with van der Waals surface area (Å²) in [6, 6.07) is 2.54. The van der Waals surface area contributed by atoms with Crippen LogP contribution in [-0.4, -0.2) is 61.7 Å². The van der Waals surface area contributed by atoms with Crippen molar-refractivity contribution in [3.63, 3.8) is 0 Å². The molecule has 39 heavy (non-hydrogen) atoms. The van der Waals surface area contributed by atoms with E-state index >= 15 is 0 Å². The molecular weight excluding hydrogens is 506 g/mol. The predicted octanol–water partition coefficient (Wildman–Crippen LogP) is 3.16. The first-order valence-electron chi connectivity index (χ1n) is 13.0. The molecule has 0 aliphatic carbocycles. The van der Waals surface area contributed by atoms with E-state index in [-0.39, 0.29) is 60.1 Å². The normalized spacial score (nSPS) is 12.5. The molecule has 11 heteroatoms. The van der Waals surface area contributed by atoms with Gasteiger partial charge in [-0.15, -0.1) is 0 Å². The van der Waals surface area contributed by atoms with Crippen LogP contribution in [0.2, 0.25) is 0 Å². The van der Waals surface area contributed by atoms with Gasteiger partial charge in [0.05, 0.1) is 25.5 Å². The molecule has 0 saturated carbocycles. The molecule has 0 spiro atoms. The number of amides is 3. The molecule has 0 fully saturated rings. The molecule has 11 nitrogen and oxygen atoms in total. The van der Waals surface area contributed by atoms with Crippen LogP contribution in [-0.2, 0) is 28.7 Å². The fourth-order valence-corrected chi connectivity index (χ4v) is 3.54. The Morgan fingerprint density at radius 2 is 1.56 bits per heavy atom. The first-order chi connectivity index (χ1) is 18.3. The number of carbonyl (C=O) groups excluding carboxylic acids is 6.